The van der Waals surface area contributed by atoms with Crippen LogP contribution in [0.5, 0.6) is 0 Å². The van der Waals surface area contributed by atoms with Crippen LogP contribution in [0.25, 0.3) is 5.69 Å². The van der Waals surface area contributed by atoms with Crippen LogP contribution < -0.4 is 11.5 Å². The van der Waals surface area contributed by atoms with Crippen LogP contribution in [0.3, 0.4) is 0 Å². The molecular weight excluding hydrogens is 280 g/mol. The first-order chi connectivity index (χ1) is 9.81. The lowest BCUT2D eigenvalue weighted by Gasteiger charge is -2.07. The molecule has 9 nitrogen and oxygen atoms in total. The highest BCUT2D eigenvalue weighted by Gasteiger charge is 2.17. The molecule has 0 radical (unpaired) electrons. The quantitative estimate of drug-likeness (QED) is 0.613. The number of nitrogen functional groups attached to an aromatic ring is 1. The molecule has 0 bridgehead atoms. The standard InChI is InChI=1S/C12H10N4O5/c13-9-8(10(14)17)4-15-16(9)7-2-5(11(18)19)1-6(3-7)12(20)21/h1-4H,13H2,(H2,14,17)(H,18,19)(H,20,21). The van der Waals surface area contributed by atoms with Crippen LogP contribution in [0.2, 0.25) is 0 Å². The lowest BCUT2D eigenvalue weighted by molar-refractivity contribution is 0.0696. The van der Waals surface area contributed by atoms with Gasteiger partial charge < -0.3 is 21.7 Å². The number of carboxylic acid groups (broad SMARTS) is 2. The van der Waals surface area contributed by atoms with E-state index in [1.807, 2.05) is 0 Å². The van der Waals surface area contributed by atoms with E-state index in [1.165, 1.54) is 12.1 Å². The summed E-state index contributed by atoms with van der Waals surface area (Å²) in [4.78, 5) is 33.2. The number of nitrogens with two attached hydrogens (primary N) is 2. The van der Waals surface area contributed by atoms with Gasteiger partial charge in [0.15, 0.2) is 0 Å². The van der Waals surface area contributed by atoms with Gasteiger partial charge in [0, 0.05) is 0 Å². The molecule has 1 heterocycles. The van der Waals surface area contributed by atoms with E-state index in [1.54, 1.807) is 0 Å². The zero-order chi connectivity index (χ0) is 15.7. The number of aromatic carboxylic acids is 2. The van der Waals surface area contributed by atoms with Gasteiger partial charge in [-0.3, -0.25) is 4.79 Å². The van der Waals surface area contributed by atoms with Crippen LogP contribution in [0.15, 0.2) is 24.4 Å². The average molecular weight is 290 g/mol. The van der Waals surface area contributed by atoms with Crippen LogP contribution in [-0.4, -0.2) is 37.8 Å². The summed E-state index contributed by atoms with van der Waals surface area (Å²) in [6, 6.07) is 3.37. The van der Waals surface area contributed by atoms with Gasteiger partial charge in [-0.1, -0.05) is 0 Å². The maximum atomic E-state index is 11.1. The largest absolute Gasteiger partial charge is 0.478 e. The monoisotopic (exact) mass is 290 g/mol. The van der Waals surface area contributed by atoms with E-state index in [-0.39, 0.29) is 28.2 Å². The maximum absolute atomic E-state index is 11.1. The summed E-state index contributed by atoms with van der Waals surface area (Å²) >= 11 is 0. The predicted molar refractivity (Wildman–Crippen MR) is 70.4 cm³/mol. The lowest BCUT2D eigenvalue weighted by atomic mass is 10.1. The molecule has 1 aromatic carbocycles. The van der Waals surface area contributed by atoms with E-state index in [4.69, 9.17) is 21.7 Å². The van der Waals surface area contributed by atoms with Gasteiger partial charge >= 0.3 is 11.9 Å². The fraction of sp³-hybridized carbons (Fsp3) is 0. The van der Waals surface area contributed by atoms with Gasteiger partial charge in [-0.05, 0) is 18.2 Å². The van der Waals surface area contributed by atoms with Crippen LogP contribution in [0, 0.1) is 0 Å². The van der Waals surface area contributed by atoms with E-state index in [2.05, 4.69) is 5.10 Å². The van der Waals surface area contributed by atoms with E-state index in [0.29, 0.717) is 0 Å². The topological polar surface area (TPSA) is 162 Å². The van der Waals surface area contributed by atoms with Crippen molar-refractivity contribution in [3.8, 4) is 5.69 Å². The Labute approximate surface area is 117 Å². The molecule has 0 fully saturated rings. The van der Waals surface area contributed by atoms with Gasteiger partial charge in [-0.2, -0.15) is 5.10 Å². The molecule has 1 aromatic heterocycles. The molecule has 0 spiro atoms. The van der Waals surface area contributed by atoms with Gasteiger partial charge in [0.05, 0.1) is 23.0 Å². The molecule has 0 aliphatic carbocycles. The molecule has 0 saturated carbocycles. The number of benzene rings is 1. The minimum atomic E-state index is -1.31. The van der Waals surface area contributed by atoms with Crippen molar-refractivity contribution in [2.45, 2.75) is 0 Å². The third-order valence-corrected chi connectivity index (χ3v) is 2.73. The summed E-state index contributed by atoms with van der Waals surface area (Å²) in [5.41, 5.74) is 10.3. The average Bonchev–Trinajstić information content (AvgIpc) is 2.80. The molecular formula is C12H10N4O5. The third kappa shape index (κ3) is 2.52. The fourth-order valence-electron chi connectivity index (χ4n) is 1.73. The second-order valence-electron chi connectivity index (χ2n) is 4.10. The van der Waals surface area contributed by atoms with Crippen molar-refractivity contribution < 1.29 is 24.6 Å². The molecule has 0 unspecified atom stereocenters. The van der Waals surface area contributed by atoms with Crippen molar-refractivity contribution >= 4 is 23.7 Å². The molecule has 6 N–H and O–H groups in total. The Morgan fingerprint density at radius 2 is 1.57 bits per heavy atom. The molecule has 21 heavy (non-hydrogen) atoms. The summed E-state index contributed by atoms with van der Waals surface area (Å²) in [7, 11) is 0. The Morgan fingerprint density at radius 1 is 1.05 bits per heavy atom. The zero-order valence-corrected chi connectivity index (χ0v) is 10.5. The number of amides is 1. The van der Waals surface area contributed by atoms with Crippen molar-refractivity contribution in [1.82, 2.24) is 9.78 Å². The number of hydrogen-bond acceptors (Lipinski definition) is 5. The van der Waals surface area contributed by atoms with Gasteiger partial charge in [-0.15, -0.1) is 0 Å². The van der Waals surface area contributed by atoms with Crippen molar-refractivity contribution in [3.63, 3.8) is 0 Å². The Bertz CT molecular complexity index is 733. The number of carbonyl (C=O) groups excluding carboxylic acids is 1. The Balaban J connectivity index is 2.66. The summed E-state index contributed by atoms with van der Waals surface area (Å²) in [6.07, 6.45) is 1.12. The molecule has 108 valence electrons. The fourth-order valence-corrected chi connectivity index (χ4v) is 1.73. The molecule has 0 aliphatic rings. The summed E-state index contributed by atoms with van der Waals surface area (Å²) < 4.78 is 1.04. The maximum Gasteiger partial charge on any atom is 0.335 e. The van der Waals surface area contributed by atoms with Crippen molar-refractivity contribution in [1.29, 1.82) is 0 Å². The smallest absolute Gasteiger partial charge is 0.335 e. The molecule has 0 aliphatic heterocycles. The second kappa shape index (κ2) is 4.96. The van der Waals surface area contributed by atoms with Crippen molar-refractivity contribution in [2.24, 2.45) is 5.73 Å². The Kier molecular flexibility index (Phi) is 3.32. The van der Waals surface area contributed by atoms with Gasteiger partial charge in [0.2, 0.25) is 0 Å². The molecule has 1 amide bonds. The zero-order valence-electron chi connectivity index (χ0n) is 10.5. The highest BCUT2D eigenvalue weighted by molar-refractivity contribution is 5.98. The van der Waals surface area contributed by atoms with Crippen molar-refractivity contribution in [3.05, 3.63) is 41.1 Å². The van der Waals surface area contributed by atoms with Crippen LogP contribution in [0.4, 0.5) is 5.82 Å². The predicted octanol–water partition coefficient (Wildman–Crippen LogP) is -0.0502. The van der Waals surface area contributed by atoms with Crippen LogP contribution >= 0.6 is 0 Å². The van der Waals surface area contributed by atoms with Crippen molar-refractivity contribution in [2.75, 3.05) is 5.73 Å². The first-order valence-corrected chi connectivity index (χ1v) is 5.56. The summed E-state index contributed by atoms with van der Waals surface area (Å²) in [5.74, 6) is -3.52. The minimum absolute atomic E-state index is 0.0485. The van der Waals surface area contributed by atoms with Gasteiger partial charge in [-0.25, -0.2) is 14.3 Å². The van der Waals surface area contributed by atoms with E-state index in [9.17, 15) is 14.4 Å². The number of carbonyl (C=O) groups is 3. The number of aromatic nitrogens is 2. The first kappa shape index (κ1) is 14.1. The summed E-state index contributed by atoms with van der Waals surface area (Å²) in [5, 5.41) is 21.8. The molecule has 9 heteroatoms. The molecule has 0 atom stereocenters. The number of hydrogen-bond donors (Lipinski definition) is 4. The Hall–Kier alpha value is -3.36. The number of carboxylic acids is 2. The molecule has 2 rings (SSSR count). The van der Waals surface area contributed by atoms with Crippen LogP contribution in [-0.2, 0) is 0 Å². The van der Waals surface area contributed by atoms with Gasteiger partial charge in [0.25, 0.3) is 5.91 Å². The van der Waals surface area contributed by atoms with E-state index >= 15 is 0 Å². The number of anilines is 1. The number of nitrogens with zero attached hydrogens (tertiary/aromatic N) is 2. The third-order valence-electron chi connectivity index (χ3n) is 2.73. The Morgan fingerprint density at radius 3 is 1.95 bits per heavy atom. The number of rotatable bonds is 4. The molecule has 0 saturated heterocycles. The minimum Gasteiger partial charge on any atom is -0.478 e. The summed E-state index contributed by atoms with van der Waals surface area (Å²) in [6.45, 7) is 0. The van der Waals surface area contributed by atoms with E-state index < -0.39 is 17.8 Å². The second-order valence-corrected chi connectivity index (χ2v) is 4.10. The van der Waals surface area contributed by atoms with Gasteiger partial charge in [0.1, 0.15) is 11.4 Å². The first-order valence-electron chi connectivity index (χ1n) is 5.56. The number of primary amides is 1. The highest BCUT2D eigenvalue weighted by Crippen LogP contribution is 2.20. The SMILES string of the molecule is NC(=O)c1cnn(-c2cc(C(=O)O)cc(C(=O)O)c2)c1N. The van der Waals surface area contributed by atoms with E-state index in [0.717, 1.165) is 16.9 Å². The highest BCUT2D eigenvalue weighted by atomic mass is 16.4. The normalized spacial score (nSPS) is 10.3. The van der Waals surface area contributed by atoms with Crippen LogP contribution in [0.1, 0.15) is 31.1 Å². The lowest BCUT2D eigenvalue weighted by Crippen LogP contribution is -2.14. The molecule has 2 aromatic rings.